The lowest BCUT2D eigenvalue weighted by Gasteiger charge is -2.13. The molecule has 2 aromatic rings. The summed E-state index contributed by atoms with van der Waals surface area (Å²) in [7, 11) is 0. The molecule has 26 heavy (non-hydrogen) atoms. The first kappa shape index (κ1) is 19.6. The van der Waals surface area contributed by atoms with E-state index < -0.39 is 12.1 Å². The number of esters is 1. The number of ether oxygens (including phenoxy) is 1. The molecule has 0 bridgehead atoms. The standard InChI is InChI=1S/C19H19ClN2O4/c1-3-4-17(23)22-15-8-5-13(6-9-15)18(24)12(2)26-19(25)14-7-10-16(20)21-11-14/h5-12H,3-4H2,1-2H3,(H,22,23)/t12-/m0/s1. The largest absolute Gasteiger partial charge is 0.451 e. The van der Waals surface area contributed by atoms with Gasteiger partial charge < -0.3 is 10.1 Å². The fourth-order valence-electron chi connectivity index (χ4n) is 2.18. The number of Topliss-reactive ketones (excluding diaryl/α,β-unsaturated/α-hetero) is 1. The quantitative estimate of drug-likeness (QED) is 0.451. The third kappa shape index (κ3) is 5.39. The van der Waals surface area contributed by atoms with Gasteiger partial charge in [0.05, 0.1) is 5.56 Å². The van der Waals surface area contributed by atoms with Gasteiger partial charge in [-0.1, -0.05) is 18.5 Å². The maximum Gasteiger partial charge on any atom is 0.340 e. The number of hydrogen-bond acceptors (Lipinski definition) is 5. The third-order valence-corrected chi connectivity index (χ3v) is 3.77. The molecule has 6 nitrogen and oxygen atoms in total. The van der Waals surface area contributed by atoms with Gasteiger partial charge in [-0.2, -0.15) is 0 Å². The Kier molecular flexibility index (Phi) is 6.86. The molecule has 0 radical (unpaired) electrons. The van der Waals surface area contributed by atoms with Crippen LogP contribution in [0.3, 0.4) is 0 Å². The van der Waals surface area contributed by atoms with Crippen LogP contribution in [0.1, 0.15) is 47.4 Å². The van der Waals surface area contributed by atoms with E-state index in [1.54, 1.807) is 24.3 Å². The van der Waals surface area contributed by atoms with Gasteiger partial charge in [-0.25, -0.2) is 9.78 Å². The van der Waals surface area contributed by atoms with Crippen molar-refractivity contribution in [3.05, 3.63) is 58.9 Å². The number of ketones is 1. The van der Waals surface area contributed by atoms with Crippen molar-refractivity contribution in [2.24, 2.45) is 0 Å². The van der Waals surface area contributed by atoms with Gasteiger partial charge in [0.1, 0.15) is 5.15 Å². The highest BCUT2D eigenvalue weighted by Crippen LogP contribution is 2.14. The summed E-state index contributed by atoms with van der Waals surface area (Å²) in [6.07, 6.45) is 1.52. The molecular formula is C19H19ClN2O4. The summed E-state index contributed by atoms with van der Waals surface area (Å²) in [6.45, 7) is 3.42. The Bertz CT molecular complexity index is 788. The third-order valence-electron chi connectivity index (χ3n) is 3.55. The van der Waals surface area contributed by atoms with Crippen LogP contribution in [0.25, 0.3) is 0 Å². The second-order valence-corrected chi connectivity index (χ2v) is 6.04. The number of aromatic nitrogens is 1. The molecule has 0 saturated carbocycles. The summed E-state index contributed by atoms with van der Waals surface area (Å²) in [5.41, 5.74) is 1.20. The molecular weight excluding hydrogens is 356 g/mol. The van der Waals surface area contributed by atoms with E-state index in [1.807, 2.05) is 6.92 Å². The highest BCUT2D eigenvalue weighted by Gasteiger charge is 2.20. The van der Waals surface area contributed by atoms with Crippen molar-refractivity contribution in [3.63, 3.8) is 0 Å². The molecule has 1 aromatic heterocycles. The van der Waals surface area contributed by atoms with Crippen molar-refractivity contribution in [1.29, 1.82) is 0 Å². The monoisotopic (exact) mass is 374 g/mol. The molecule has 1 atom stereocenters. The lowest BCUT2D eigenvalue weighted by molar-refractivity contribution is -0.116. The SMILES string of the molecule is CCCC(=O)Nc1ccc(C(=O)[C@H](C)OC(=O)c2ccc(Cl)nc2)cc1. The van der Waals surface area contributed by atoms with Crippen LogP contribution >= 0.6 is 11.6 Å². The second kappa shape index (κ2) is 9.10. The van der Waals surface area contributed by atoms with E-state index in [2.05, 4.69) is 10.3 Å². The maximum absolute atomic E-state index is 12.4. The molecule has 7 heteroatoms. The Hall–Kier alpha value is -2.73. The van der Waals surface area contributed by atoms with Gasteiger partial charge in [-0.3, -0.25) is 9.59 Å². The average Bonchev–Trinajstić information content (AvgIpc) is 2.62. The molecule has 1 N–H and O–H groups in total. The Morgan fingerprint density at radius 3 is 2.35 bits per heavy atom. The molecule has 136 valence electrons. The van der Waals surface area contributed by atoms with Crippen molar-refractivity contribution in [2.45, 2.75) is 32.8 Å². The number of pyridine rings is 1. The van der Waals surface area contributed by atoms with Crippen LogP contribution in [0.2, 0.25) is 5.15 Å². The van der Waals surface area contributed by atoms with Gasteiger partial charge in [-0.05, 0) is 49.7 Å². The Morgan fingerprint density at radius 1 is 1.12 bits per heavy atom. The molecule has 0 spiro atoms. The predicted molar refractivity (Wildman–Crippen MR) is 98.4 cm³/mol. The molecule has 2 rings (SSSR count). The highest BCUT2D eigenvalue weighted by atomic mass is 35.5. The zero-order chi connectivity index (χ0) is 19.1. The first-order valence-electron chi connectivity index (χ1n) is 8.17. The molecule has 0 aliphatic carbocycles. The van der Waals surface area contributed by atoms with E-state index in [0.29, 0.717) is 17.7 Å². The van der Waals surface area contributed by atoms with Crippen LogP contribution < -0.4 is 5.32 Å². The lowest BCUT2D eigenvalue weighted by atomic mass is 10.1. The molecule has 1 amide bonds. The number of nitrogens with one attached hydrogen (secondary N) is 1. The summed E-state index contributed by atoms with van der Waals surface area (Å²) in [6, 6.07) is 9.38. The number of carbonyl (C=O) groups is 3. The number of halogens is 1. The number of anilines is 1. The molecule has 1 heterocycles. The zero-order valence-corrected chi connectivity index (χ0v) is 15.2. The molecule has 0 fully saturated rings. The number of hydrogen-bond donors (Lipinski definition) is 1. The van der Waals surface area contributed by atoms with Crippen molar-refractivity contribution in [2.75, 3.05) is 5.32 Å². The Morgan fingerprint density at radius 2 is 1.77 bits per heavy atom. The normalized spacial score (nSPS) is 11.5. The first-order valence-corrected chi connectivity index (χ1v) is 8.55. The van der Waals surface area contributed by atoms with E-state index in [9.17, 15) is 14.4 Å². The summed E-state index contributed by atoms with van der Waals surface area (Å²) >= 11 is 5.67. The summed E-state index contributed by atoms with van der Waals surface area (Å²) in [4.78, 5) is 39.8. The van der Waals surface area contributed by atoms with Crippen molar-refractivity contribution < 1.29 is 19.1 Å². The van der Waals surface area contributed by atoms with Crippen LogP contribution in [-0.4, -0.2) is 28.7 Å². The van der Waals surface area contributed by atoms with Gasteiger partial charge in [0.15, 0.2) is 6.10 Å². The highest BCUT2D eigenvalue weighted by molar-refractivity contribution is 6.29. The van der Waals surface area contributed by atoms with Crippen LogP contribution in [0, 0.1) is 0 Å². The van der Waals surface area contributed by atoms with E-state index in [-0.39, 0.29) is 22.4 Å². The lowest BCUT2D eigenvalue weighted by Crippen LogP contribution is -2.24. The van der Waals surface area contributed by atoms with Gasteiger partial charge in [-0.15, -0.1) is 0 Å². The van der Waals surface area contributed by atoms with Crippen molar-refractivity contribution >= 4 is 34.9 Å². The molecule has 1 aromatic carbocycles. The Labute approximate surface area is 156 Å². The number of carbonyl (C=O) groups excluding carboxylic acids is 3. The topological polar surface area (TPSA) is 85.4 Å². The van der Waals surface area contributed by atoms with Crippen LogP contribution in [0.4, 0.5) is 5.69 Å². The van der Waals surface area contributed by atoms with E-state index in [4.69, 9.17) is 16.3 Å². The van der Waals surface area contributed by atoms with Crippen molar-refractivity contribution in [1.82, 2.24) is 4.98 Å². The summed E-state index contributed by atoms with van der Waals surface area (Å²) in [5, 5.41) is 3.00. The fraction of sp³-hybridized carbons (Fsp3) is 0.263. The maximum atomic E-state index is 12.4. The van der Waals surface area contributed by atoms with E-state index in [0.717, 1.165) is 6.42 Å². The molecule has 0 aliphatic heterocycles. The zero-order valence-electron chi connectivity index (χ0n) is 14.5. The minimum absolute atomic E-state index is 0.0783. The minimum Gasteiger partial charge on any atom is -0.451 e. The average molecular weight is 375 g/mol. The smallest absolute Gasteiger partial charge is 0.340 e. The van der Waals surface area contributed by atoms with Gasteiger partial charge in [0, 0.05) is 23.9 Å². The molecule has 0 aliphatic rings. The number of amides is 1. The van der Waals surface area contributed by atoms with Crippen LogP contribution in [0.15, 0.2) is 42.6 Å². The van der Waals surface area contributed by atoms with Crippen LogP contribution in [0.5, 0.6) is 0 Å². The summed E-state index contributed by atoms with van der Waals surface area (Å²) in [5.74, 6) is -1.07. The Balaban J connectivity index is 1.98. The van der Waals surface area contributed by atoms with Crippen molar-refractivity contribution in [3.8, 4) is 0 Å². The second-order valence-electron chi connectivity index (χ2n) is 5.66. The molecule has 0 saturated heterocycles. The number of nitrogens with zero attached hydrogens (tertiary/aromatic N) is 1. The number of benzene rings is 1. The number of rotatable bonds is 7. The predicted octanol–water partition coefficient (Wildman–Crippen LogP) is 3.90. The molecule has 0 unspecified atom stereocenters. The van der Waals surface area contributed by atoms with Gasteiger partial charge >= 0.3 is 5.97 Å². The summed E-state index contributed by atoms with van der Waals surface area (Å²) < 4.78 is 5.18. The van der Waals surface area contributed by atoms with Gasteiger partial charge in [0.25, 0.3) is 0 Å². The fourth-order valence-corrected chi connectivity index (χ4v) is 2.29. The van der Waals surface area contributed by atoms with Gasteiger partial charge in [0.2, 0.25) is 11.7 Å². The first-order chi connectivity index (χ1) is 12.4. The van der Waals surface area contributed by atoms with E-state index >= 15 is 0 Å². The van der Waals surface area contributed by atoms with Crippen LogP contribution in [-0.2, 0) is 9.53 Å². The van der Waals surface area contributed by atoms with E-state index in [1.165, 1.54) is 25.3 Å². The minimum atomic E-state index is -0.960.